The molecule has 0 rings (SSSR count). The summed E-state index contributed by atoms with van der Waals surface area (Å²) in [4.78, 5) is 0. The zero-order valence-electron chi connectivity index (χ0n) is 12.5. The second-order valence-electron chi connectivity index (χ2n) is 4.47. The standard InChI is InChI=1S/C12H30N2O3Si/c1-6-15-18(16-7-2,17-8-3)10-12(5)14-9-11(4)13/h11-12,14H,6-10,13H2,1-5H3. The van der Waals surface area contributed by atoms with Gasteiger partial charge in [-0.1, -0.05) is 0 Å². The lowest BCUT2D eigenvalue weighted by molar-refractivity contribution is 0.0690. The molecular weight excluding hydrogens is 248 g/mol. The Kier molecular flexibility index (Phi) is 9.89. The normalized spacial score (nSPS) is 15.7. The number of hydrogen-bond donors (Lipinski definition) is 2. The molecular formula is C12H30N2O3Si. The van der Waals surface area contributed by atoms with E-state index in [1.807, 2.05) is 27.7 Å². The first kappa shape index (κ1) is 18.0. The van der Waals surface area contributed by atoms with Crippen molar-refractivity contribution >= 4 is 8.80 Å². The zero-order valence-corrected chi connectivity index (χ0v) is 13.5. The van der Waals surface area contributed by atoms with Crippen molar-refractivity contribution in [2.45, 2.75) is 52.7 Å². The summed E-state index contributed by atoms with van der Waals surface area (Å²) in [5.74, 6) is 0. The van der Waals surface area contributed by atoms with Gasteiger partial charge in [-0.2, -0.15) is 0 Å². The molecule has 5 nitrogen and oxygen atoms in total. The summed E-state index contributed by atoms with van der Waals surface area (Å²) in [5.41, 5.74) is 5.74. The maximum atomic E-state index is 5.81. The van der Waals surface area contributed by atoms with Crippen molar-refractivity contribution in [3.63, 3.8) is 0 Å². The Labute approximate surface area is 113 Å². The molecule has 0 spiro atoms. The second-order valence-corrected chi connectivity index (χ2v) is 7.11. The van der Waals surface area contributed by atoms with Crippen molar-refractivity contribution < 1.29 is 13.3 Å². The molecule has 0 aliphatic rings. The van der Waals surface area contributed by atoms with E-state index in [0.717, 1.165) is 12.6 Å². The Morgan fingerprint density at radius 3 is 1.78 bits per heavy atom. The van der Waals surface area contributed by atoms with Gasteiger partial charge >= 0.3 is 8.80 Å². The molecule has 6 heteroatoms. The molecule has 0 fully saturated rings. The van der Waals surface area contributed by atoms with Crippen LogP contribution in [0, 0.1) is 0 Å². The fourth-order valence-corrected chi connectivity index (χ4v) is 4.61. The van der Waals surface area contributed by atoms with Crippen molar-refractivity contribution in [2.75, 3.05) is 26.4 Å². The number of hydrogen-bond acceptors (Lipinski definition) is 5. The van der Waals surface area contributed by atoms with Crippen LogP contribution in [-0.2, 0) is 13.3 Å². The zero-order chi connectivity index (χ0) is 14.0. The Morgan fingerprint density at radius 1 is 1.00 bits per heavy atom. The highest BCUT2D eigenvalue weighted by atomic mass is 28.4. The topological polar surface area (TPSA) is 65.7 Å². The molecule has 0 aliphatic heterocycles. The monoisotopic (exact) mass is 278 g/mol. The third-order valence-electron chi connectivity index (χ3n) is 2.44. The van der Waals surface area contributed by atoms with E-state index < -0.39 is 8.80 Å². The smallest absolute Gasteiger partial charge is 0.374 e. The first-order valence-electron chi connectivity index (χ1n) is 6.90. The van der Waals surface area contributed by atoms with E-state index in [4.69, 9.17) is 19.0 Å². The van der Waals surface area contributed by atoms with E-state index in [2.05, 4.69) is 12.2 Å². The largest absolute Gasteiger partial charge is 0.502 e. The van der Waals surface area contributed by atoms with Crippen LogP contribution >= 0.6 is 0 Å². The van der Waals surface area contributed by atoms with Gasteiger partial charge in [0.15, 0.2) is 0 Å². The quantitative estimate of drug-likeness (QED) is 0.559. The van der Waals surface area contributed by atoms with E-state index in [1.54, 1.807) is 0 Å². The van der Waals surface area contributed by atoms with Crippen molar-refractivity contribution in [2.24, 2.45) is 5.73 Å². The number of nitrogens with one attached hydrogen (secondary N) is 1. The lowest BCUT2D eigenvalue weighted by Crippen LogP contribution is -2.51. The molecule has 0 aromatic rings. The summed E-state index contributed by atoms with van der Waals surface area (Å²) >= 11 is 0. The maximum Gasteiger partial charge on any atom is 0.502 e. The molecule has 0 aromatic carbocycles. The van der Waals surface area contributed by atoms with Crippen LogP contribution in [0.5, 0.6) is 0 Å². The minimum Gasteiger partial charge on any atom is -0.374 e. The van der Waals surface area contributed by atoms with Gasteiger partial charge in [-0.15, -0.1) is 0 Å². The minimum atomic E-state index is -2.53. The predicted octanol–water partition coefficient (Wildman–Crippen LogP) is 1.36. The van der Waals surface area contributed by atoms with Gasteiger partial charge in [-0.05, 0) is 34.6 Å². The van der Waals surface area contributed by atoms with Crippen LogP contribution < -0.4 is 11.1 Å². The number of rotatable bonds is 11. The summed E-state index contributed by atoms with van der Waals surface area (Å²) < 4.78 is 17.4. The molecule has 0 bridgehead atoms. The summed E-state index contributed by atoms with van der Waals surface area (Å²) in [6.45, 7) is 12.7. The van der Waals surface area contributed by atoms with Crippen LogP contribution in [0.25, 0.3) is 0 Å². The third kappa shape index (κ3) is 7.45. The van der Waals surface area contributed by atoms with Gasteiger partial charge in [-0.25, -0.2) is 0 Å². The molecule has 0 aliphatic carbocycles. The summed E-state index contributed by atoms with van der Waals surface area (Å²) in [5, 5.41) is 3.38. The molecule has 110 valence electrons. The van der Waals surface area contributed by atoms with Crippen molar-refractivity contribution in [1.29, 1.82) is 0 Å². The van der Waals surface area contributed by atoms with E-state index in [1.165, 1.54) is 0 Å². The van der Waals surface area contributed by atoms with Gasteiger partial charge in [0.05, 0.1) is 0 Å². The molecule has 3 N–H and O–H groups in total. The van der Waals surface area contributed by atoms with Gasteiger partial charge in [0.25, 0.3) is 0 Å². The van der Waals surface area contributed by atoms with Crippen molar-refractivity contribution in [1.82, 2.24) is 5.32 Å². The van der Waals surface area contributed by atoms with Crippen LogP contribution in [0.1, 0.15) is 34.6 Å². The Balaban J connectivity index is 4.43. The Morgan fingerprint density at radius 2 is 1.44 bits per heavy atom. The van der Waals surface area contributed by atoms with Gasteiger partial charge in [0.1, 0.15) is 0 Å². The van der Waals surface area contributed by atoms with Crippen LogP contribution in [0.15, 0.2) is 0 Å². The highest BCUT2D eigenvalue weighted by molar-refractivity contribution is 6.60. The first-order chi connectivity index (χ1) is 8.49. The molecule has 0 amide bonds. The lowest BCUT2D eigenvalue weighted by Gasteiger charge is -2.31. The minimum absolute atomic E-state index is 0.148. The van der Waals surface area contributed by atoms with Crippen molar-refractivity contribution in [3.05, 3.63) is 0 Å². The fourth-order valence-electron chi connectivity index (χ4n) is 1.80. The molecule has 0 heterocycles. The van der Waals surface area contributed by atoms with Crippen LogP contribution in [-0.4, -0.2) is 47.3 Å². The SMILES string of the molecule is CCO[Si](CC(C)NCC(C)N)(OCC)OCC. The molecule has 0 aromatic heterocycles. The van der Waals surface area contributed by atoms with Gasteiger partial charge in [0, 0.05) is 44.5 Å². The maximum absolute atomic E-state index is 5.81. The fraction of sp³-hybridized carbons (Fsp3) is 1.00. The average Bonchev–Trinajstić information content (AvgIpc) is 2.27. The summed E-state index contributed by atoms with van der Waals surface area (Å²) in [6, 6.07) is 1.19. The molecule has 2 atom stereocenters. The molecule has 0 radical (unpaired) electrons. The lowest BCUT2D eigenvalue weighted by atomic mass is 10.3. The van der Waals surface area contributed by atoms with Gasteiger partial charge < -0.3 is 24.3 Å². The van der Waals surface area contributed by atoms with Gasteiger partial charge in [0.2, 0.25) is 0 Å². The molecule has 2 unspecified atom stereocenters. The third-order valence-corrected chi connectivity index (χ3v) is 5.74. The van der Waals surface area contributed by atoms with Gasteiger partial charge in [-0.3, -0.25) is 0 Å². The average molecular weight is 278 g/mol. The highest BCUT2D eigenvalue weighted by Crippen LogP contribution is 2.18. The molecule has 0 saturated heterocycles. The van der Waals surface area contributed by atoms with Crippen LogP contribution in [0.3, 0.4) is 0 Å². The second kappa shape index (κ2) is 9.88. The van der Waals surface area contributed by atoms with Crippen LogP contribution in [0.4, 0.5) is 0 Å². The van der Waals surface area contributed by atoms with E-state index in [-0.39, 0.29) is 12.1 Å². The Hall–Kier alpha value is 0.0169. The molecule has 0 saturated carbocycles. The van der Waals surface area contributed by atoms with Crippen LogP contribution in [0.2, 0.25) is 6.04 Å². The van der Waals surface area contributed by atoms with E-state index in [9.17, 15) is 0 Å². The summed E-state index contributed by atoms with van der Waals surface area (Å²) in [6.07, 6.45) is 0. The van der Waals surface area contributed by atoms with E-state index >= 15 is 0 Å². The van der Waals surface area contributed by atoms with Crippen molar-refractivity contribution in [3.8, 4) is 0 Å². The highest BCUT2D eigenvalue weighted by Gasteiger charge is 2.41. The Bertz CT molecular complexity index is 189. The number of nitrogens with two attached hydrogens (primary N) is 1. The van der Waals surface area contributed by atoms with E-state index in [0.29, 0.717) is 19.8 Å². The summed E-state index contributed by atoms with van der Waals surface area (Å²) in [7, 11) is -2.53. The first-order valence-corrected chi connectivity index (χ1v) is 8.83. The molecule has 18 heavy (non-hydrogen) atoms. The predicted molar refractivity (Wildman–Crippen MR) is 76.6 cm³/mol.